The first kappa shape index (κ1) is 17.3. The molecule has 0 heterocycles. The van der Waals surface area contributed by atoms with Gasteiger partial charge in [0.1, 0.15) is 24.2 Å². The largest absolute Gasteiger partial charge is 0.508 e. The van der Waals surface area contributed by atoms with E-state index < -0.39 is 6.10 Å². The molecule has 6 heteroatoms. The number of hydroxylamine groups is 1. The summed E-state index contributed by atoms with van der Waals surface area (Å²) >= 11 is 0. The molecular weight excluding hydrogens is 274 g/mol. The Labute approximate surface area is 124 Å². The fraction of sp³-hybridized carbons (Fsp3) is 0.533. The van der Waals surface area contributed by atoms with Crippen LogP contribution in [0.15, 0.2) is 24.3 Å². The minimum Gasteiger partial charge on any atom is -0.508 e. The van der Waals surface area contributed by atoms with Gasteiger partial charge in [0.25, 0.3) is 0 Å². The van der Waals surface area contributed by atoms with Crippen molar-refractivity contribution in [2.24, 2.45) is 0 Å². The number of carbonyl (C=O) groups is 1. The number of benzene rings is 1. The molecule has 1 unspecified atom stereocenters. The van der Waals surface area contributed by atoms with Crippen molar-refractivity contribution in [2.75, 3.05) is 13.2 Å². The first-order chi connectivity index (χ1) is 10.1. The van der Waals surface area contributed by atoms with Crippen LogP contribution in [-0.2, 0) is 9.63 Å². The summed E-state index contributed by atoms with van der Waals surface area (Å²) < 4.78 is 5.32. The molecule has 0 amide bonds. The SMILES string of the molecule is CCCCCC(=O)ONCC(O)COc1ccc(O)cc1. The summed E-state index contributed by atoms with van der Waals surface area (Å²) in [5, 5.41) is 18.8. The summed E-state index contributed by atoms with van der Waals surface area (Å²) in [6.45, 7) is 2.22. The standard InChI is InChI=1S/C15H23NO5/c1-2-3-4-5-15(19)21-16-10-13(18)11-20-14-8-6-12(17)7-9-14/h6-9,13,16-18H,2-5,10-11H2,1H3. The second kappa shape index (κ2) is 10.0. The van der Waals surface area contributed by atoms with Crippen LogP contribution in [0.1, 0.15) is 32.6 Å². The maximum absolute atomic E-state index is 11.3. The quantitative estimate of drug-likeness (QED) is 0.450. The third kappa shape index (κ3) is 8.16. The molecule has 1 aromatic rings. The van der Waals surface area contributed by atoms with E-state index in [4.69, 9.17) is 14.7 Å². The number of hydrogen-bond acceptors (Lipinski definition) is 6. The predicted octanol–water partition coefficient (Wildman–Crippen LogP) is 1.76. The van der Waals surface area contributed by atoms with Crippen molar-refractivity contribution >= 4 is 5.97 Å². The molecule has 0 bridgehead atoms. The molecule has 0 fully saturated rings. The number of phenols is 1. The van der Waals surface area contributed by atoms with Gasteiger partial charge >= 0.3 is 5.97 Å². The van der Waals surface area contributed by atoms with E-state index in [2.05, 4.69) is 12.4 Å². The van der Waals surface area contributed by atoms with Crippen LogP contribution in [0.3, 0.4) is 0 Å². The molecule has 1 rings (SSSR count). The summed E-state index contributed by atoms with van der Waals surface area (Å²) in [5.41, 5.74) is 2.44. The Hall–Kier alpha value is -1.79. The van der Waals surface area contributed by atoms with Crippen LogP contribution in [0.4, 0.5) is 0 Å². The zero-order valence-corrected chi connectivity index (χ0v) is 12.2. The van der Waals surface area contributed by atoms with E-state index in [1.807, 2.05) is 0 Å². The number of carbonyl (C=O) groups excluding carboxylic acids is 1. The number of hydrogen-bond donors (Lipinski definition) is 3. The second-order valence-electron chi connectivity index (χ2n) is 4.74. The van der Waals surface area contributed by atoms with E-state index in [0.29, 0.717) is 12.2 Å². The number of aliphatic hydroxyl groups is 1. The maximum atomic E-state index is 11.3. The van der Waals surface area contributed by atoms with E-state index in [1.165, 1.54) is 12.1 Å². The number of ether oxygens (including phenoxy) is 1. The van der Waals surface area contributed by atoms with E-state index in [9.17, 15) is 9.90 Å². The molecule has 0 aliphatic carbocycles. The highest BCUT2D eigenvalue weighted by molar-refractivity contribution is 5.68. The van der Waals surface area contributed by atoms with Crippen LogP contribution in [-0.4, -0.2) is 35.4 Å². The summed E-state index contributed by atoms with van der Waals surface area (Å²) in [6.07, 6.45) is 2.43. The average molecular weight is 297 g/mol. The second-order valence-corrected chi connectivity index (χ2v) is 4.74. The number of unbranched alkanes of at least 4 members (excludes halogenated alkanes) is 2. The smallest absolute Gasteiger partial charge is 0.324 e. The van der Waals surface area contributed by atoms with Gasteiger partial charge in [-0.1, -0.05) is 19.8 Å². The Bertz CT molecular complexity index is 407. The van der Waals surface area contributed by atoms with E-state index in [-0.39, 0.29) is 24.9 Å². The number of phenolic OH excluding ortho intramolecular Hbond substituents is 1. The van der Waals surface area contributed by atoms with Gasteiger partial charge in [0.2, 0.25) is 0 Å². The fourth-order valence-electron chi connectivity index (χ4n) is 1.58. The Morgan fingerprint density at radius 1 is 1.29 bits per heavy atom. The van der Waals surface area contributed by atoms with E-state index in [1.54, 1.807) is 12.1 Å². The lowest BCUT2D eigenvalue weighted by molar-refractivity contribution is -0.152. The third-order valence-corrected chi connectivity index (χ3v) is 2.77. The molecule has 0 aromatic heterocycles. The van der Waals surface area contributed by atoms with Crippen LogP contribution >= 0.6 is 0 Å². The van der Waals surface area contributed by atoms with Gasteiger partial charge in [0.05, 0.1) is 6.54 Å². The lowest BCUT2D eigenvalue weighted by Crippen LogP contribution is -2.33. The van der Waals surface area contributed by atoms with Crippen LogP contribution in [0.2, 0.25) is 0 Å². The van der Waals surface area contributed by atoms with Crippen molar-refractivity contribution in [3.05, 3.63) is 24.3 Å². The van der Waals surface area contributed by atoms with Gasteiger partial charge in [0, 0.05) is 6.42 Å². The molecule has 6 nitrogen and oxygen atoms in total. The predicted molar refractivity (Wildman–Crippen MR) is 77.8 cm³/mol. The molecule has 21 heavy (non-hydrogen) atoms. The number of rotatable bonds is 10. The van der Waals surface area contributed by atoms with Gasteiger partial charge in [-0.3, -0.25) is 4.79 Å². The van der Waals surface area contributed by atoms with Gasteiger partial charge in [-0.25, -0.2) is 0 Å². The summed E-state index contributed by atoms with van der Waals surface area (Å²) in [4.78, 5) is 16.1. The zero-order chi connectivity index (χ0) is 15.5. The first-order valence-corrected chi connectivity index (χ1v) is 7.14. The minimum absolute atomic E-state index is 0.0607. The molecule has 0 saturated carbocycles. The van der Waals surface area contributed by atoms with Crippen molar-refractivity contribution in [2.45, 2.75) is 38.7 Å². The Morgan fingerprint density at radius 2 is 2.00 bits per heavy atom. The highest BCUT2D eigenvalue weighted by atomic mass is 16.7. The van der Waals surface area contributed by atoms with Crippen molar-refractivity contribution in [3.8, 4) is 11.5 Å². The normalized spacial score (nSPS) is 11.9. The first-order valence-electron chi connectivity index (χ1n) is 7.14. The van der Waals surface area contributed by atoms with Gasteiger partial charge in [-0.15, -0.1) is 0 Å². The highest BCUT2D eigenvalue weighted by Gasteiger charge is 2.07. The Kier molecular flexibility index (Phi) is 8.23. The molecule has 0 radical (unpaired) electrons. The monoisotopic (exact) mass is 297 g/mol. The summed E-state index contributed by atoms with van der Waals surface area (Å²) in [6, 6.07) is 6.20. The molecular formula is C15H23NO5. The lowest BCUT2D eigenvalue weighted by Gasteiger charge is -2.13. The van der Waals surface area contributed by atoms with Crippen molar-refractivity contribution < 1.29 is 24.6 Å². The molecule has 1 aromatic carbocycles. The summed E-state index contributed by atoms with van der Waals surface area (Å²) in [7, 11) is 0. The molecule has 0 spiro atoms. The van der Waals surface area contributed by atoms with Crippen molar-refractivity contribution in [3.63, 3.8) is 0 Å². The summed E-state index contributed by atoms with van der Waals surface area (Å²) in [5.74, 6) is 0.373. The Morgan fingerprint density at radius 3 is 2.67 bits per heavy atom. The maximum Gasteiger partial charge on any atom is 0.324 e. The fourth-order valence-corrected chi connectivity index (χ4v) is 1.58. The number of aromatic hydroxyl groups is 1. The topological polar surface area (TPSA) is 88.0 Å². The minimum atomic E-state index is -0.803. The van der Waals surface area contributed by atoms with Crippen molar-refractivity contribution in [1.82, 2.24) is 5.48 Å². The zero-order valence-electron chi connectivity index (χ0n) is 12.2. The van der Waals surface area contributed by atoms with Gasteiger partial charge in [0.15, 0.2) is 0 Å². The van der Waals surface area contributed by atoms with Gasteiger partial charge in [-0.2, -0.15) is 5.48 Å². The number of aliphatic hydroxyl groups excluding tert-OH is 1. The van der Waals surface area contributed by atoms with Gasteiger partial charge in [-0.05, 0) is 30.7 Å². The van der Waals surface area contributed by atoms with E-state index in [0.717, 1.165) is 19.3 Å². The lowest BCUT2D eigenvalue weighted by atomic mass is 10.2. The average Bonchev–Trinajstić information content (AvgIpc) is 2.47. The molecule has 3 N–H and O–H groups in total. The van der Waals surface area contributed by atoms with Crippen molar-refractivity contribution in [1.29, 1.82) is 0 Å². The molecule has 0 aliphatic heterocycles. The van der Waals surface area contributed by atoms with Gasteiger partial charge < -0.3 is 19.8 Å². The molecule has 1 atom stereocenters. The van der Waals surface area contributed by atoms with E-state index >= 15 is 0 Å². The molecule has 118 valence electrons. The highest BCUT2D eigenvalue weighted by Crippen LogP contribution is 2.15. The van der Waals surface area contributed by atoms with Crippen LogP contribution < -0.4 is 10.2 Å². The molecule has 0 saturated heterocycles. The van der Waals surface area contributed by atoms with Crippen LogP contribution in [0, 0.1) is 0 Å². The number of nitrogens with one attached hydrogen (secondary N) is 1. The van der Waals surface area contributed by atoms with Crippen LogP contribution in [0.25, 0.3) is 0 Å². The van der Waals surface area contributed by atoms with Crippen LogP contribution in [0.5, 0.6) is 11.5 Å². The third-order valence-electron chi connectivity index (χ3n) is 2.77. The Balaban J connectivity index is 2.09. The molecule has 0 aliphatic rings.